The molecule has 0 aromatic heterocycles. The Kier molecular flexibility index (Phi) is 2.57. The lowest BCUT2D eigenvalue weighted by molar-refractivity contribution is 0.272. The lowest BCUT2D eigenvalue weighted by Gasteiger charge is -2.00. The van der Waals surface area contributed by atoms with Gasteiger partial charge in [-0.2, -0.15) is 0 Å². The summed E-state index contributed by atoms with van der Waals surface area (Å²) in [6, 6.07) is 4.25. The highest BCUT2D eigenvalue weighted by atomic mass is 19.1. The van der Waals surface area contributed by atoms with Gasteiger partial charge in [0.1, 0.15) is 5.82 Å². The zero-order chi connectivity index (χ0) is 8.27. The van der Waals surface area contributed by atoms with Crippen LogP contribution in [0.5, 0.6) is 0 Å². The van der Waals surface area contributed by atoms with Crippen LogP contribution in [0.1, 0.15) is 11.1 Å². The lowest BCUT2D eigenvalue weighted by atomic mass is 10.1. The molecule has 3 heteroatoms. The molecule has 0 aliphatic heterocycles. The minimum atomic E-state index is -0.473. The Morgan fingerprint density at radius 3 is 2.36 bits per heavy atom. The van der Waals surface area contributed by atoms with Crippen molar-refractivity contribution in [1.82, 2.24) is 0 Å². The van der Waals surface area contributed by atoms with Crippen molar-refractivity contribution < 1.29 is 14.6 Å². The number of halogens is 1. The first-order valence-corrected chi connectivity index (χ1v) is 3.27. The van der Waals surface area contributed by atoms with E-state index in [0.717, 1.165) is 0 Å². The number of benzene rings is 1. The normalized spacial score (nSPS) is 10.1. The number of hydrogen-bond acceptors (Lipinski definition) is 2. The summed E-state index contributed by atoms with van der Waals surface area (Å²) in [5.74, 6) is -0.473. The third-order valence-corrected chi connectivity index (χ3v) is 1.47. The average molecular weight is 156 g/mol. The smallest absolute Gasteiger partial charge is 0.129 e. The molecule has 11 heavy (non-hydrogen) atoms. The molecule has 0 fully saturated rings. The molecule has 2 nitrogen and oxygen atoms in total. The summed E-state index contributed by atoms with van der Waals surface area (Å²) < 4.78 is 12.8. The fraction of sp³-hybridized carbons (Fsp3) is 0.250. The predicted molar refractivity (Wildman–Crippen MR) is 38.2 cm³/mol. The minimum Gasteiger partial charge on any atom is -0.392 e. The molecule has 60 valence electrons. The van der Waals surface area contributed by atoms with Gasteiger partial charge in [0.05, 0.1) is 13.2 Å². The molecule has 0 atom stereocenters. The van der Waals surface area contributed by atoms with Crippen LogP contribution < -0.4 is 0 Å². The highest BCUT2D eigenvalue weighted by Gasteiger charge is 2.00. The van der Waals surface area contributed by atoms with Crippen molar-refractivity contribution >= 4 is 0 Å². The third kappa shape index (κ3) is 1.76. The molecule has 1 aromatic rings. The molecular formula is C8H9FO2. The van der Waals surface area contributed by atoms with Crippen LogP contribution in [0, 0.1) is 5.82 Å². The lowest BCUT2D eigenvalue weighted by Crippen LogP contribution is -1.92. The SMILES string of the molecule is OCc1ccc(CO)c(F)c1. The summed E-state index contributed by atoms with van der Waals surface area (Å²) in [5.41, 5.74) is 0.766. The largest absolute Gasteiger partial charge is 0.392 e. The first-order valence-electron chi connectivity index (χ1n) is 3.27. The second kappa shape index (κ2) is 3.46. The van der Waals surface area contributed by atoms with Gasteiger partial charge >= 0.3 is 0 Å². The van der Waals surface area contributed by atoms with Crippen molar-refractivity contribution in [3.63, 3.8) is 0 Å². The molecule has 0 aliphatic carbocycles. The van der Waals surface area contributed by atoms with Crippen LogP contribution in [0.4, 0.5) is 4.39 Å². The van der Waals surface area contributed by atoms with Crippen LogP contribution in [0.3, 0.4) is 0 Å². The van der Waals surface area contributed by atoms with Crippen LogP contribution in [0.25, 0.3) is 0 Å². The Labute approximate surface area is 63.9 Å². The van der Waals surface area contributed by atoms with Crippen LogP contribution in [-0.2, 0) is 13.2 Å². The summed E-state index contributed by atoms with van der Waals surface area (Å²) in [6.07, 6.45) is 0. The average Bonchev–Trinajstić information content (AvgIpc) is 2.04. The second-order valence-electron chi connectivity index (χ2n) is 2.24. The molecule has 1 aromatic carbocycles. The summed E-state index contributed by atoms with van der Waals surface area (Å²) in [5, 5.41) is 17.2. The van der Waals surface area contributed by atoms with Crippen molar-refractivity contribution in [3.05, 3.63) is 35.1 Å². The monoisotopic (exact) mass is 156 g/mol. The summed E-state index contributed by atoms with van der Waals surface area (Å²) in [4.78, 5) is 0. The van der Waals surface area contributed by atoms with E-state index in [1.807, 2.05) is 0 Å². The highest BCUT2D eigenvalue weighted by Crippen LogP contribution is 2.09. The van der Waals surface area contributed by atoms with E-state index in [-0.39, 0.29) is 18.8 Å². The Morgan fingerprint density at radius 1 is 1.18 bits per heavy atom. The van der Waals surface area contributed by atoms with Crippen molar-refractivity contribution in [2.75, 3.05) is 0 Å². The van der Waals surface area contributed by atoms with E-state index in [2.05, 4.69) is 0 Å². The molecule has 0 unspecified atom stereocenters. The van der Waals surface area contributed by atoms with E-state index in [0.29, 0.717) is 5.56 Å². The van der Waals surface area contributed by atoms with E-state index < -0.39 is 5.82 Å². The van der Waals surface area contributed by atoms with Crippen molar-refractivity contribution in [2.45, 2.75) is 13.2 Å². The highest BCUT2D eigenvalue weighted by molar-refractivity contribution is 5.23. The van der Waals surface area contributed by atoms with Gasteiger partial charge in [0.2, 0.25) is 0 Å². The first kappa shape index (κ1) is 8.17. The van der Waals surface area contributed by atoms with Gasteiger partial charge in [0.25, 0.3) is 0 Å². The van der Waals surface area contributed by atoms with Crippen molar-refractivity contribution in [1.29, 1.82) is 0 Å². The van der Waals surface area contributed by atoms with E-state index in [4.69, 9.17) is 10.2 Å². The molecule has 1 rings (SSSR count). The van der Waals surface area contributed by atoms with E-state index in [1.54, 1.807) is 6.07 Å². The standard InChI is InChI=1S/C8H9FO2/c9-8-3-6(4-10)1-2-7(8)5-11/h1-3,10-11H,4-5H2. The molecule has 0 spiro atoms. The molecule has 0 saturated heterocycles. The van der Waals surface area contributed by atoms with E-state index in [1.165, 1.54) is 12.1 Å². The Morgan fingerprint density at radius 2 is 1.91 bits per heavy atom. The topological polar surface area (TPSA) is 40.5 Å². The van der Waals surface area contributed by atoms with Crippen LogP contribution in [0.2, 0.25) is 0 Å². The summed E-state index contributed by atoms with van der Waals surface area (Å²) >= 11 is 0. The van der Waals surface area contributed by atoms with E-state index in [9.17, 15) is 4.39 Å². The molecular weight excluding hydrogens is 147 g/mol. The number of aliphatic hydroxyl groups excluding tert-OH is 2. The second-order valence-corrected chi connectivity index (χ2v) is 2.24. The zero-order valence-electron chi connectivity index (χ0n) is 5.92. The van der Waals surface area contributed by atoms with Crippen molar-refractivity contribution in [2.24, 2.45) is 0 Å². The number of hydrogen-bond donors (Lipinski definition) is 2. The Bertz CT molecular complexity index is 248. The van der Waals surface area contributed by atoms with Gasteiger partial charge in [-0.1, -0.05) is 12.1 Å². The maximum Gasteiger partial charge on any atom is 0.129 e. The fourth-order valence-electron chi connectivity index (χ4n) is 0.817. The molecule has 2 N–H and O–H groups in total. The first-order chi connectivity index (χ1) is 5.27. The van der Waals surface area contributed by atoms with Gasteiger partial charge in [0.15, 0.2) is 0 Å². The zero-order valence-corrected chi connectivity index (χ0v) is 5.92. The summed E-state index contributed by atoms with van der Waals surface area (Å²) in [6.45, 7) is -0.486. The predicted octanol–water partition coefficient (Wildman–Crippen LogP) is 0.810. The number of aliphatic hydroxyl groups is 2. The van der Waals surface area contributed by atoms with Gasteiger partial charge < -0.3 is 10.2 Å². The quantitative estimate of drug-likeness (QED) is 0.665. The number of rotatable bonds is 2. The minimum absolute atomic E-state index is 0.178. The van der Waals surface area contributed by atoms with Gasteiger partial charge in [-0.3, -0.25) is 0 Å². The van der Waals surface area contributed by atoms with Gasteiger partial charge in [0, 0.05) is 5.56 Å². The molecule has 0 radical (unpaired) electrons. The molecule has 0 saturated carbocycles. The Balaban J connectivity index is 2.99. The van der Waals surface area contributed by atoms with E-state index >= 15 is 0 Å². The van der Waals surface area contributed by atoms with Crippen molar-refractivity contribution in [3.8, 4) is 0 Å². The molecule has 0 amide bonds. The molecule has 0 heterocycles. The van der Waals surface area contributed by atoms with Crippen LogP contribution >= 0.6 is 0 Å². The molecule has 0 bridgehead atoms. The summed E-state index contributed by atoms with van der Waals surface area (Å²) in [7, 11) is 0. The van der Waals surface area contributed by atoms with Crippen LogP contribution in [-0.4, -0.2) is 10.2 Å². The van der Waals surface area contributed by atoms with Gasteiger partial charge in [-0.15, -0.1) is 0 Å². The molecule has 0 aliphatic rings. The fourth-order valence-corrected chi connectivity index (χ4v) is 0.817. The maximum atomic E-state index is 12.8. The van der Waals surface area contributed by atoms with Gasteiger partial charge in [-0.05, 0) is 11.6 Å². The maximum absolute atomic E-state index is 12.8. The van der Waals surface area contributed by atoms with Gasteiger partial charge in [-0.25, -0.2) is 4.39 Å². The third-order valence-electron chi connectivity index (χ3n) is 1.47. The van der Waals surface area contributed by atoms with Crippen LogP contribution in [0.15, 0.2) is 18.2 Å². The Hall–Kier alpha value is -0.930.